The molecule has 0 bridgehead atoms. The number of rotatable bonds is 5. The maximum Gasteiger partial charge on any atom is 1.00 e. The smallest absolute Gasteiger partial charge is 1.00 e. The van der Waals surface area contributed by atoms with Gasteiger partial charge in [0.1, 0.15) is 0 Å². The van der Waals surface area contributed by atoms with E-state index in [-0.39, 0.29) is 92.0 Å². The van der Waals surface area contributed by atoms with Gasteiger partial charge in [-0.3, -0.25) is 16.1 Å². The van der Waals surface area contributed by atoms with Crippen LogP contribution in [-0.4, -0.2) is 12.4 Å². The summed E-state index contributed by atoms with van der Waals surface area (Å²) >= 11 is 12.9. The first-order valence-corrected chi connectivity index (χ1v) is 9.64. The van der Waals surface area contributed by atoms with Crippen LogP contribution in [0.15, 0.2) is 82.8 Å². The van der Waals surface area contributed by atoms with E-state index in [1.54, 1.807) is 0 Å². The average molecular weight is 875 g/mol. The normalized spacial score (nSPS) is 17.6. The van der Waals surface area contributed by atoms with Crippen LogP contribution in [0.1, 0.15) is 0 Å². The van der Waals surface area contributed by atoms with Crippen molar-refractivity contribution in [3.05, 3.63) is 95.1 Å². The first-order chi connectivity index (χ1) is 13.7. The van der Waals surface area contributed by atoms with Crippen LogP contribution in [0.25, 0.3) is 11.1 Å². The van der Waals surface area contributed by atoms with Crippen molar-refractivity contribution in [2.45, 2.75) is 0 Å². The second-order valence-corrected chi connectivity index (χ2v) is 7.19. The molecule has 0 saturated heterocycles. The molecule has 0 saturated carbocycles. The molecule has 154 valence electrons. The Labute approximate surface area is 252 Å². The first kappa shape index (κ1) is 31.7. The fraction of sp³-hybridized carbons (Fsp3) is 0.0833. The molecule has 2 aliphatic rings. The maximum atomic E-state index is 6.43. The molecule has 0 fully saturated rings. The van der Waals surface area contributed by atoms with E-state index in [0.717, 1.165) is 22.5 Å². The van der Waals surface area contributed by atoms with E-state index in [4.69, 9.17) is 23.2 Å². The fourth-order valence-electron chi connectivity index (χ4n) is 2.88. The van der Waals surface area contributed by atoms with E-state index in [9.17, 15) is 0 Å². The van der Waals surface area contributed by atoms with Crippen LogP contribution < -0.4 is 24.8 Å². The van der Waals surface area contributed by atoms with Crippen molar-refractivity contribution >= 4 is 47.0 Å². The second kappa shape index (κ2) is 15.6. The minimum atomic E-state index is 0. The van der Waals surface area contributed by atoms with Crippen LogP contribution in [0.3, 0.4) is 0 Å². The van der Waals surface area contributed by atoms with E-state index in [0.29, 0.717) is 10.0 Å². The topological polar surface area (TPSA) is 24.7 Å². The zero-order chi connectivity index (χ0) is 19.3. The summed E-state index contributed by atoms with van der Waals surface area (Å²) in [5.74, 6) is 0.214. The Morgan fingerprint density at radius 2 is 1.41 bits per heavy atom. The summed E-state index contributed by atoms with van der Waals surface area (Å²) in [5, 5.41) is 1.18. The van der Waals surface area contributed by atoms with Gasteiger partial charge in [0, 0.05) is 12.3 Å². The van der Waals surface area contributed by atoms with Crippen molar-refractivity contribution in [1.29, 1.82) is 0 Å². The number of hydrogen-bond donors (Lipinski definition) is 0. The van der Waals surface area contributed by atoms with Gasteiger partial charge in [-0.1, -0.05) is 41.3 Å². The Hall–Kier alpha value is -0.320. The number of aliphatic imine (C=N–C) groups is 2. The minimum Gasteiger partial charge on any atom is -1.00 e. The molecule has 2 radical (unpaired) electrons. The number of hydrogen-bond acceptors (Lipinski definition) is 2. The van der Waals surface area contributed by atoms with E-state index in [1.165, 1.54) is 0 Å². The van der Waals surface area contributed by atoms with Gasteiger partial charge in [-0.25, -0.2) is 12.2 Å². The molecule has 32 heavy (non-hydrogen) atoms. The third-order valence-corrected chi connectivity index (χ3v) is 4.99. The van der Waals surface area contributed by atoms with Crippen LogP contribution in [0.4, 0.5) is 11.4 Å². The standard InChI is InChI=1S/C24H16Cl2N2.2ClH.2Hg/c25-21-13-19(9-11-23(21)27-15-17-5-1-2-6-17)20-10-12-24(22(26)14-20)28-16-18-7-3-4-8-18;;;;/h1-5,7,9-18H;2*1H;;/q;;;2*+1/p-2. The SMILES string of the molecule is Clc1cc(-c2ccc(N=CC3[C-]=CC=C3)c(Cl)c2)ccc1N=CC1[C+]=CC=C1.[Cl-].[Cl-].[Hg+].[Hg+]. The summed E-state index contributed by atoms with van der Waals surface area (Å²) in [5.41, 5.74) is 3.41. The third kappa shape index (κ3) is 8.47. The van der Waals surface area contributed by atoms with Crippen LogP contribution in [-0.2, 0) is 55.3 Å². The summed E-state index contributed by atoms with van der Waals surface area (Å²) in [7, 11) is 0. The van der Waals surface area contributed by atoms with Gasteiger partial charge in [-0.2, -0.15) is 6.08 Å². The molecule has 4 rings (SSSR count). The third-order valence-electron chi connectivity index (χ3n) is 4.38. The average Bonchev–Trinajstić information content (AvgIpc) is 3.40. The molecule has 0 aromatic heterocycles. The summed E-state index contributed by atoms with van der Waals surface area (Å²) in [6.07, 6.45) is 21.7. The predicted molar refractivity (Wildman–Crippen MR) is 119 cm³/mol. The van der Waals surface area contributed by atoms with Gasteiger partial charge < -0.3 is 24.8 Å². The Kier molecular flexibility index (Phi) is 15.4. The predicted octanol–water partition coefficient (Wildman–Crippen LogP) is 1.16. The van der Waals surface area contributed by atoms with Gasteiger partial charge in [-0.15, -0.1) is 0 Å². The summed E-state index contributed by atoms with van der Waals surface area (Å²) in [6, 6.07) is 11.6. The monoisotopic (exact) mass is 876 g/mol. The van der Waals surface area contributed by atoms with Crippen LogP contribution in [0.5, 0.6) is 0 Å². The summed E-state index contributed by atoms with van der Waals surface area (Å²) < 4.78 is 0. The molecule has 2 atom stereocenters. The zero-order valence-electron chi connectivity index (χ0n) is 17.1. The van der Waals surface area contributed by atoms with Crippen LogP contribution in [0, 0.1) is 24.0 Å². The molecule has 2 unspecified atom stereocenters. The minimum absolute atomic E-state index is 0. The van der Waals surface area contributed by atoms with Crippen molar-refractivity contribution < 1.29 is 80.2 Å². The van der Waals surface area contributed by atoms with Gasteiger partial charge >= 0.3 is 55.3 Å². The van der Waals surface area contributed by atoms with Crippen molar-refractivity contribution in [2.24, 2.45) is 21.8 Å². The van der Waals surface area contributed by atoms with Gasteiger partial charge in [0.25, 0.3) is 0 Å². The second-order valence-electron chi connectivity index (χ2n) is 6.38. The van der Waals surface area contributed by atoms with Gasteiger partial charge in [-0.05, 0) is 41.6 Å². The van der Waals surface area contributed by atoms with Crippen LogP contribution >= 0.6 is 23.2 Å². The van der Waals surface area contributed by atoms with Crippen molar-refractivity contribution in [3.63, 3.8) is 0 Å². The molecule has 0 heterocycles. The van der Waals surface area contributed by atoms with E-state index in [1.807, 2.05) is 85.3 Å². The molecule has 0 N–H and O–H groups in total. The number of benzene rings is 2. The molecule has 2 aliphatic carbocycles. The molecule has 2 nitrogen and oxygen atoms in total. The Bertz CT molecular complexity index is 966. The van der Waals surface area contributed by atoms with Crippen molar-refractivity contribution in [3.8, 4) is 11.1 Å². The van der Waals surface area contributed by atoms with Gasteiger partial charge in [0.15, 0.2) is 12.0 Å². The Morgan fingerprint density at radius 3 is 1.88 bits per heavy atom. The van der Waals surface area contributed by atoms with Crippen molar-refractivity contribution in [2.75, 3.05) is 0 Å². The molecule has 0 spiro atoms. The molecule has 2 aromatic carbocycles. The van der Waals surface area contributed by atoms with E-state index >= 15 is 0 Å². The van der Waals surface area contributed by atoms with E-state index in [2.05, 4.69) is 22.1 Å². The van der Waals surface area contributed by atoms with Crippen LogP contribution in [0.2, 0.25) is 10.0 Å². The molecule has 0 aliphatic heterocycles. The fourth-order valence-corrected chi connectivity index (χ4v) is 3.34. The Balaban J connectivity index is 0.00000240. The summed E-state index contributed by atoms with van der Waals surface area (Å²) in [6.45, 7) is 0. The zero-order valence-corrected chi connectivity index (χ0v) is 31.1. The summed E-state index contributed by atoms with van der Waals surface area (Å²) in [4.78, 5) is 8.93. The molecular weight excluding hydrogens is 859 g/mol. The molecule has 0 amide bonds. The number of halogens is 4. The van der Waals surface area contributed by atoms with Gasteiger partial charge in [0.05, 0.1) is 33.6 Å². The largest absolute Gasteiger partial charge is 1.00 e. The van der Waals surface area contributed by atoms with Crippen molar-refractivity contribution in [1.82, 2.24) is 0 Å². The molecule has 2 aromatic rings. The quantitative estimate of drug-likeness (QED) is 0.245. The molecule has 8 heteroatoms. The number of nitrogens with zero attached hydrogens (tertiary/aromatic N) is 2. The van der Waals surface area contributed by atoms with Gasteiger partial charge in [0.2, 0.25) is 0 Å². The first-order valence-electron chi connectivity index (χ1n) is 8.89. The van der Waals surface area contributed by atoms with E-state index < -0.39 is 0 Å². The Morgan fingerprint density at radius 1 is 0.812 bits per heavy atom. The molecular formula is C24H16Cl4Hg2N2. The number of allylic oxidation sites excluding steroid dienone is 8. The maximum absolute atomic E-state index is 6.43.